The minimum atomic E-state index is -4.37. The molecule has 118 valence electrons. The fraction of sp³-hybridized carbons (Fsp3) is 0.917. The number of halogens is 3. The zero-order valence-corrected chi connectivity index (χ0v) is 11.3. The van der Waals surface area contributed by atoms with Crippen LogP contribution in [0.3, 0.4) is 0 Å². The second-order valence-corrected chi connectivity index (χ2v) is 4.77. The normalized spacial score (nSPS) is 19.3. The molecule has 0 aromatic rings. The summed E-state index contributed by atoms with van der Waals surface area (Å²) in [5.41, 5.74) is 0. The number of amides is 1. The predicted molar refractivity (Wildman–Crippen MR) is 66.2 cm³/mol. The van der Waals surface area contributed by atoms with E-state index in [1.165, 1.54) is 4.90 Å². The topological polar surface area (TPSA) is 61.8 Å². The summed E-state index contributed by atoms with van der Waals surface area (Å²) in [6.45, 7) is -0.208. The number of nitrogens with zero attached hydrogens (tertiary/aromatic N) is 1. The first kappa shape index (κ1) is 17.2. The molecule has 20 heavy (non-hydrogen) atoms. The number of hydrogen-bond acceptors (Lipinski definition) is 4. The summed E-state index contributed by atoms with van der Waals surface area (Å²) in [5, 5.41) is 12.2. The van der Waals surface area contributed by atoms with Crippen LogP contribution in [0.25, 0.3) is 0 Å². The molecule has 0 saturated carbocycles. The molecule has 0 aromatic heterocycles. The van der Waals surface area contributed by atoms with E-state index in [4.69, 9.17) is 5.11 Å². The SMILES string of the molecule is O=C(CCOCC(F)(F)F)N(CCO)CC1CCCN1. The van der Waals surface area contributed by atoms with Gasteiger partial charge in [-0.2, -0.15) is 13.2 Å². The molecule has 1 saturated heterocycles. The first-order chi connectivity index (χ1) is 9.42. The highest BCUT2D eigenvalue weighted by Crippen LogP contribution is 2.14. The Morgan fingerprint density at radius 1 is 1.45 bits per heavy atom. The Balaban J connectivity index is 2.28. The Hall–Kier alpha value is -0.860. The molecule has 2 N–H and O–H groups in total. The molecule has 0 aliphatic carbocycles. The summed E-state index contributed by atoms with van der Waals surface area (Å²) in [4.78, 5) is 13.3. The van der Waals surface area contributed by atoms with Gasteiger partial charge < -0.3 is 20.1 Å². The van der Waals surface area contributed by atoms with Gasteiger partial charge >= 0.3 is 6.18 Å². The molecule has 0 radical (unpaired) electrons. The zero-order valence-electron chi connectivity index (χ0n) is 11.3. The van der Waals surface area contributed by atoms with Gasteiger partial charge in [-0.15, -0.1) is 0 Å². The lowest BCUT2D eigenvalue weighted by atomic mass is 10.2. The number of rotatable bonds is 8. The summed E-state index contributed by atoms with van der Waals surface area (Å²) in [6.07, 6.45) is -2.48. The number of carbonyl (C=O) groups is 1. The van der Waals surface area contributed by atoms with Gasteiger partial charge in [0.15, 0.2) is 0 Å². The number of aliphatic hydroxyl groups is 1. The fourth-order valence-corrected chi connectivity index (χ4v) is 2.12. The average molecular weight is 298 g/mol. The Morgan fingerprint density at radius 2 is 2.20 bits per heavy atom. The van der Waals surface area contributed by atoms with Gasteiger partial charge in [0, 0.05) is 19.1 Å². The number of aliphatic hydroxyl groups excluding tert-OH is 1. The van der Waals surface area contributed by atoms with Crippen molar-refractivity contribution >= 4 is 5.91 Å². The molecule has 0 aromatic carbocycles. The van der Waals surface area contributed by atoms with Crippen molar-refractivity contribution < 1.29 is 27.8 Å². The molecular formula is C12H21F3N2O3. The summed E-state index contributed by atoms with van der Waals surface area (Å²) >= 11 is 0. The highest BCUT2D eigenvalue weighted by atomic mass is 19.4. The third-order valence-corrected chi connectivity index (χ3v) is 3.05. The number of carbonyl (C=O) groups excluding carboxylic acids is 1. The lowest BCUT2D eigenvalue weighted by Crippen LogP contribution is -2.42. The van der Waals surface area contributed by atoms with E-state index in [2.05, 4.69) is 10.1 Å². The number of hydrogen-bond donors (Lipinski definition) is 2. The van der Waals surface area contributed by atoms with Crippen LogP contribution in [0.4, 0.5) is 13.2 Å². The van der Waals surface area contributed by atoms with E-state index in [1.807, 2.05) is 0 Å². The van der Waals surface area contributed by atoms with Crippen LogP contribution in [0.1, 0.15) is 19.3 Å². The summed E-state index contributed by atoms with van der Waals surface area (Å²) in [5.74, 6) is -0.296. The number of alkyl halides is 3. The first-order valence-corrected chi connectivity index (χ1v) is 6.69. The van der Waals surface area contributed by atoms with E-state index in [9.17, 15) is 18.0 Å². The van der Waals surface area contributed by atoms with Crippen LogP contribution in [0.2, 0.25) is 0 Å². The summed E-state index contributed by atoms with van der Waals surface area (Å²) < 4.78 is 40.0. The lowest BCUT2D eigenvalue weighted by molar-refractivity contribution is -0.175. The maximum absolute atomic E-state index is 11.9. The fourth-order valence-electron chi connectivity index (χ4n) is 2.12. The van der Waals surface area contributed by atoms with Crippen molar-refractivity contribution in [1.82, 2.24) is 10.2 Å². The van der Waals surface area contributed by atoms with Crippen LogP contribution in [-0.4, -0.2) is 67.6 Å². The van der Waals surface area contributed by atoms with Gasteiger partial charge in [-0.3, -0.25) is 4.79 Å². The standard InChI is InChI=1S/C12H21F3N2O3/c13-12(14,15)9-20-7-3-11(19)17(5-6-18)8-10-2-1-4-16-10/h10,16,18H,1-9H2. The quantitative estimate of drug-likeness (QED) is 0.642. The van der Waals surface area contributed by atoms with Crippen molar-refractivity contribution in [3.8, 4) is 0 Å². The van der Waals surface area contributed by atoms with Crippen molar-refractivity contribution in [2.45, 2.75) is 31.5 Å². The molecule has 1 unspecified atom stereocenters. The van der Waals surface area contributed by atoms with Crippen molar-refractivity contribution in [3.05, 3.63) is 0 Å². The Labute approximate surface area is 116 Å². The van der Waals surface area contributed by atoms with E-state index >= 15 is 0 Å². The van der Waals surface area contributed by atoms with Crippen LogP contribution in [-0.2, 0) is 9.53 Å². The first-order valence-electron chi connectivity index (χ1n) is 6.69. The van der Waals surface area contributed by atoms with Crippen LogP contribution in [0.5, 0.6) is 0 Å². The van der Waals surface area contributed by atoms with Gasteiger partial charge in [0.2, 0.25) is 5.91 Å². The molecular weight excluding hydrogens is 277 g/mol. The number of nitrogens with one attached hydrogen (secondary N) is 1. The minimum Gasteiger partial charge on any atom is -0.395 e. The maximum atomic E-state index is 11.9. The Morgan fingerprint density at radius 3 is 2.75 bits per heavy atom. The third-order valence-electron chi connectivity index (χ3n) is 3.05. The second kappa shape index (κ2) is 8.43. The predicted octanol–water partition coefficient (Wildman–Crippen LogP) is 0.528. The van der Waals surface area contributed by atoms with Crippen molar-refractivity contribution in [1.29, 1.82) is 0 Å². The smallest absolute Gasteiger partial charge is 0.395 e. The van der Waals surface area contributed by atoms with Crippen molar-refractivity contribution in [2.75, 3.05) is 39.5 Å². The third kappa shape index (κ3) is 7.06. The molecule has 1 amide bonds. The van der Waals surface area contributed by atoms with Crippen LogP contribution in [0, 0.1) is 0 Å². The van der Waals surface area contributed by atoms with Crippen LogP contribution in [0.15, 0.2) is 0 Å². The second-order valence-electron chi connectivity index (χ2n) is 4.77. The molecule has 8 heteroatoms. The van der Waals surface area contributed by atoms with Gasteiger partial charge in [0.1, 0.15) is 6.61 Å². The van der Waals surface area contributed by atoms with Crippen molar-refractivity contribution in [2.24, 2.45) is 0 Å². The number of ether oxygens (including phenoxy) is 1. The zero-order chi connectivity index (χ0) is 15.0. The minimum absolute atomic E-state index is 0.108. The van der Waals surface area contributed by atoms with Gasteiger partial charge in [-0.25, -0.2) is 0 Å². The molecule has 1 aliphatic heterocycles. The van der Waals surface area contributed by atoms with Gasteiger partial charge in [0.25, 0.3) is 0 Å². The molecule has 1 atom stereocenters. The maximum Gasteiger partial charge on any atom is 0.411 e. The van der Waals surface area contributed by atoms with E-state index < -0.39 is 12.8 Å². The van der Waals surface area contributed by atoms with Gasteiger partial charge in [-0.05, 0) is 19.4 Å². The largest absolute Gasteiger partial charge is 0.411 e. The van der Waals surface area contributed by atoms with E-state index in [0.29, 0.717) is 6.54 Å². The molecule has 0 bridgehead atoms. The van der Waals surface area contributed by atoms with E-state index in [-0.39, 0.29) is 38.1 Å². The Bertz CT molecular complexity index is 294. The average Bonchev–Trinajstić information content (AvgIpc) is 2.85. The van der Waals surface area contributed by atoms with Crippen LogP contribution >= 0.6 is 0 Å². The highest BCUT2D eigenvalue weighted by molar-refractivity contribution is 5.76. The van der Waals surface area contributed by atoms with E-state index in [1.54, 1.807) is 0 Å². The molecule has 1 heterocycles. The van der Waals surface area contributed by atoms with E-state index in [0.717, 1.165) is 19.4 Å². The molecule has 1 aliphatic rings. The monoisotopic (exact) mass is 298 g/mol. The molecule has 1 rings (SSSR count). The van der Waals surface area contributed by atoms with Crippen LogP contribution < -0.4 is 5.32 Å². The van der Waals surface area contributed by atoms with Gasteiger partial charge in [0.05, 0.1) is 19.6 Å². The molecule has 0 spiro atoms. The Kier molecular flexibility index (Phi) is 7.25. The van der Waals surface area contributed by atoms with Crippen molar-refractivity contribution in [3.63, 3.8) is 0 Å². The molecule has 5 nitrogen and oxygen atoms in total. The lowest BCUT2D eigenvalue weighted by Gasteiger charge is -2.25. The van der Waals surface area contributed by atoms with Gasteiger partial charge in [-0.1, -0.05) is 0 Å². The highest BCUT2D eigenvalue weighted by Gasteiger charge is 2.27. The molecule has 1 fully saturated rings. The summed E-state index contributed by atoms with van der Waals surface area (Å²) in [6, 6.07) is 0.196. The summed E-state index contributed by atoms with van der Waals surface area (Å²) in [7, 11) is 0.